The van der Waals surface area contributed by atoms with E-state index >= 15 is 0 Å². The molecule has 39 heavy (non-hydrogen) atoms. The maximum Gasteiger partial charge on any atom is 0.234 e. The minimum atomic E-state index is -0.308. The lowest BCUT2D eigenvalue weighted by molar-refractivity contribution is -0.118. The molecule has 5 rings (SSSR count). The lowest BCUT2D eigenvalue weighted by Gasteiger charge is -2.06. The second kappa shape index (κ2) is 12.4. The lowest BCUT2D eigenvalue weighted by atomic mass is 10.2. The van der Waals surface area contributed by atoms with Crippen molar-refractivity contribution >= 4 is 62.6 Å². The molecule has 2 heterocycles. The first-order chi connectivity index (χ1) is 18.9. The Morgan fingerprint density at radius 2 is 1.72 bits per heavy atom. The minimum Gasteiger partial charge on any atom is -0.351 e. The molecule has 198 valence electrons. The minimum absolute atomic E-state index is 0.132. The molecule has 0 atom stereocenters. The van der Waals surface area contributed by atoms with Crippen LogP contribution in [-0.4, -0.2) is 43.1 Å². The molecule has 2 amide bonds. The van der Waals surface area contributed by atoms with E-state index in [0.29, 0.717) is 17.4 Å². The molecule has 0 aliphatic rings. The van der Waals surface area contributed by atoms with Crippen molar-refractivity contribution in [2.24, 2.45) is 7.05 Å². The quantitative estimate of drug-likeness (QED) is 0.215. The summed E-state index contributed by atoms with van der Waals surface area (Å²) in [5.74, 6) is 0.560. The van der Waals surface area contributed by atoms with Crippen LogP contribution in [0.1, 0.15) is 5.56 Å². The summed E-state index contributed by atoms with van der Waals surface area (Å²) in [6.07, 6.45) is 0. The van der Waals surface area contributed by atoms with E-state index in [1.165, 1.54) is 47.0 Å². The topological polar surface area (TPSA) is 102 Å². The standard InChI is InChI=1S/C27H23FN6O2S3/c1-34-25(18-5-3-2-4-6-18)32-33-26(34)37-16-24(36)30-20-11-12-21-22(13-20)39-27(31-21)38-15-23(35)29-14-17-7-9-19(28)10-8-17/h2-13H,14-16H2,1H3,(H,29,35)(H,30,36). The normalized spacial score (nSPS) is 11.0. The molecule has 0 aliphatic carbocycles. The summed E-state index contributed by atoms with van der Waals surface area (Å²) in [5.41, 5.74) is 3.27. The van der Waals surface area contributed by atoms with Crippen molar-refractivity contribution in [3.05, 3.63) is 84.2 Å². The van der Waals surface area contributed by atoms with Gasteiger partial charge in [0.1, 0.15) is 5.82 Å². The van der Waals surface area contributed by atoms with Gasteiger partial charge in [0.15, 0.2) is 15.3 Å². The highest BCUT2D eigenvalue weighted by atomic mass is 32.2. The highest BCUT2D eigenvalue weighted by Gasteiger charge is 2.14. The van der Waals surface area contributed by atoms with Crippen molar-refractivity contribution in [3.8, 4) is 11.4 Å². The Morgan fingerprint density at radius 1 is 0.949 bits per heavy atom. The molecule has 3 aromatic carbocycles. The van der Waals surface area contributed by atoms with Crippen molar-refractivity contribution in [2.75, 3.05) is 16.8 Å². The Balaban J connectivity index is 1.11. The smallest absolute Gasteiger partial charge is 0.234 e. The molecule has 0 bridgehead atoms. The Hall–Kier alpha value is -3.74. The largest absolute Gasteiger partial charge is 0.351 e. The number of aromatic nitrogens is 4. The van der Waals surface area contributed by atoms with Crippen LogP contribution in [0.25, 0.3) is 21.6 Å². The number of benzene rings is 3. The number of amides is 2. The molecule has 0 unspecified atom stereocenters. The number of nitrogens with zero attached hydrogens (tertiary/aromatic N) is 4. The fourth-order valence-electron chi connectivity index (χ4n) is 3.63. The first-order valence-corrected chi connectivity index (χ1v) is 14.7. The second-order valence-electron chi connectivity index (χ2n) is 8.42. The highest BCUT2D eigenvalue weighted by Crippen LogP contribution is 2.31. The molecule has 12 heteroatoms. The van der Waals surface area contributed by atoms with E-state index in [9.17, 15) is 14.0 Å². The fraction of sp³-hybridized carbons (Fsp3) is 0.148. The third kappa shape index (κ3) is 7.02. The number of thiazole rings is 1. The SMILES string of the molecule is Cn1c(SCC(=O)Nc2ccc3nc(SCC(=O)NCc4ccc(F)cc4)sc3c2)nnc1-c1ccccc1. The van der Waals surface area contributed by atoms with E-state index in [1.807, 2.05) is 60.1 Å². The molecule has 0 saturated carbocycles. The van der Waals surface area contributed by atoms with Crippen molar-refractivity contribution < 1.29 is 14.0 Å². The predicted molar refractivity (Wildman–Crippen MR) is 154 cm³/mol. The number of carbonyl (C=O) groups is 2. The number of nitrogens with one attached hydrogen (secondary N) is 2. The van der Waals surface area contributed by atoms with Gasteiger partial charge in [-0.15, -0.1) is 21.5 Å². The maximum absolute atomic E-state index is 13.0. The average Bonchev–Trinajstić information content (AvgIpc) is 3.53. The zero-order valence-corrected chi connectivity index (χ0v) is 23.2. The van der Waals surface area contributed by atoms with Crippen molar-refractivity contribution in [3.63, 3.8) is 0 Å². The van der Waals surface area contributed by atoms with Crippen LogP contribution in [0, 0.1) is 5.82 Å². The summed E-state index contributed by atoms with van der Waals surface area (Å²) in [7, 11) is 1.88. The van der Waals surface area contributed by atoms with Crippen molar-refractivity contribution in [1.29, 1.82) is 0 Å². The van der Waals surface area contributed by atoms with Crippen LogP contribution in [0.5, 0.6) is 0 Å². The van der Waals surface area contributed by atoms with Gasteiger partial charge in [-0.25, -0.2) is 9.37 Å². The molecule has 0 fully saturated rings. The Bertz CT molecular complexity index is 1610. The molecular weight excluding hydrogens is 556 g/mol. The van der Waals surface area contributed by atoms with Gasteiger partial charge in [-0.3, -0.25) is 9.59 Å². The molecule has 0 aliphatic heterocycles. The number of anilines is 1. The maximum atomic E-state index is 13.0. The van der Waals surface area contributed by atoms with Gasteiger partial charge in [0.25, 0.3) is 0 Å². The van der Waals surface area contributed by atoms with Crippen LogP contribution in [0.3, 0.4) is 0 Å². The first-order valence-electron chi connectivity index (χ1n) is 11.9. The number of rotatable bonds is 10. The zero-order valence-electron chi connectivity index (χ0n) is 20.8. The average molecular weight is 579 g/mol. The van der Waals surface area contributed by atoms with Crippen molar-refractivity contribution in [2.45, 2.75) is 16.0 Å². The van der Waals surface area contributed by atoms with E-state index in [0.717, 1.165) is 31.5 Å². The molecule has 0 radical (unpaired) electrons. The number of hydrogen-bond acceptors (Lipinski definition) is 8. The lowest BCUT2D eigenvalue weighted by Crippen LogP contribution is -2.24. The summed E-state index contributed by atoms with van der Waals surface area (Å²) >= 11 is 4.13. The van der Waals surface area contributed by atoms with Crippen LogP contribution in [0.4, 0.5) is 10.1 Å². The summed E-state index contributed by atoms with van der Waals surface area (Å²) < 4.78 is 16.6. The molecule has 8 nitrogen and oxygen atoms in total. The summed E-state index contributed by atoms with van der Waals surface area (Å²) in [4.78, 5) is 29.4. The van der Waals surface area contributed by atoms with E-state index < -0.39 is 0 Å². The van der Waals surface area contributed by atoms with Gasteiger partial charge < -0.3 is 15.2 Å². The van der Waals surface area contributed by atoms with E-state index in [4.69, 9.17) is 0 Å². The third-order valence-electron chi connectivity index (χ3n) is 5.58. The molecule has 2 aromatic heterocycles. The van der Waals surface area contributed by atoms with Crippen LogP contribution in [0.2, 0.25) is 0 Å². The van der Waals surface area contributed by atoms with Gasteiger partial charge in [-0.2, -0.15) is 0 Å². The van der Waals surface area contributed by atoms with Crippen LogP contribution >= 0.6 is 34.9 Å². The highest BCUT2D eigenvalue weighted by molar-refractivity contribution is 8.01. The Morgan fingerprint density at radius 3 is 2.51 bits per heavy atom. The van der Waals surface area contributed by atoms with Gasteiger partial charge in [-0.05, 0) is 35.9 Å². The fourth-order valence-corrected chi connectivity index (χ4v) is 6.28. The van der Waals surface area contributed by atoms with Gasteiger partial charge in [-0.1, -0.05) is 66.0 Å². The van der Waals surface area contributed by atoms with Crippen LogP contribution in [0.15, 0.2) is 82.3 Å². The van der Waals surface area contributed by atoms with E-state index in [2.05, 4.69) is 25.8 Å². The molecule has 5 aromatic rings. The molecule has 0 spiro atoms. The number of halogens is 1. The van der Waals surface area contributed by atoms with Gasteiger partial charge in [0.05, 0.1) is 21.7 Å². The van der Waals surface area contributed by atoms with Gasteiger partial charge in [0.2, 0.25) is 11.8 Å². The van der Waals surface area contributed by atoms with Crippen LogP contribution in [-0.2, 0) is 23.2 Å². The second-order valence-corrected chi connectivity index (χ2v) is 11.6. The Kier molecular flexibility index (Phi) is 8.54. The predicted octanol–water partition coefficient (Wildman–Crippen LogP) is 5.37. The van der Waals surface area contributed by atoms with Crippen LogP contribution < -0.4 is 10.6 Å². The summed E-state index contributed by atoms with van der Waals surface area (Å²) in [6.45, 7) is 0.339. The Labute approximate surface area is 236 Å². The van der Waals surface area contributed by atoms with Gasteiger partial charge >= 0.3 is 0 Å². The summed E-state index contributed by atoms with van der Waals surface area (Å²) in [5, 5.41) is 14.9. The third-order valence-corrected chi connectivity index (χ3v) is 8.76. The number of thioether (sulfide) groups is 2. The van der Waals surface area contributed by atoms with E-state index in [-0.39, 0.29) is 29.1 Å². The van der Waals surface area contributed by atoms with Crippen molar-refractivity contribution in [1.82, 2.24) is 25.1 Å². The molecular formula is C27H23FN6O2S3. The monoisotopic (exact) mass is 578 g/mol. The summed E-state index contributed by atoms with van der Waals surface area (Å²) in [6, 6.07) is 21.3. The number of fused-ring (bicyclic) bond motifs is 1. The number of hydrogen-bond donors (Lipinski definition) is 2. The number of carbonyl (C=O) groups excluding carboxylic acids is 2. The van der Waals surface area contributed by atoms with Gasteiger partial charge in [0, 0.05) is 24.8 Å². The molecule has 0 saturated heterocycles. The zero-order chi connectivity index (χ0) is 27.2. The van der Waals surface area contributed by atoms with E-state index in [1.54, 1.807) is 12.1 Å². The first kappa shape index (κ1) is 26.9. The molecule has 2 N–H and O–H groups in total.